The molecule has 0 aliphatic carbocycles. The number of carboxylic acid groups (broad SMARTS) is 1. The van der Waals surface area contributed by atoms with E-state index in [1.54, 1.807) is 18.2 Å². The summed E-state index contributed by atoms with van der Waals surface area (Å²) in [6, 6.07) is 12.6. The van der Waals surface area contributed by atoms with Gasteiger partial charge < -0.3 is 15.2 Å². The summed E-state index contributed by atoms with van der Waals surface area (Å²) in [6.07, 6.45) is -2.22. The van der Waals surface area contributed by atoms with Crippen LogP contribution in [0, 0.1) is 5.41 Å². The molecule has 0 fully saturated rings. The Balaban J connectivity index is 2.20. The lowest BCUT2D eigenvalue weighted by atomic mass is 9.71. The van der Waals surface area contributed by atoms with E-state index in [9.17, 15) is 14.7 Å². The van der Waals surface area contributed by atoms with Crippen LogP contribution in [-0.2, 0) is 14.3 Å². The summed E-state index contributed by atoms with van der Waals surface area (Å²) in [5.41, 5.74) is 1.79. The van der Waals surface area contributed by atoms with Crippen molar-refractivity contribution in [1.29, 1.82) is 0 Å². The number of carbonyl (C=O) groups excluding carboxylic acids is 1. The van der Waals surface area contributed by atoms with Gasteiger partial charge in [0.2, 0.25) is 0 Å². The number of rotatable bonds is 4. The third-order valence-electron chi connectivity index (χ3n) is 5.02. The van der Waals surface area contributed by atoms with Gasteiger partial charge in [0.05, 0.1) is 12.5 Å². The van der Waals surface area contributed by atoms with Gasteiger partial charge in [0.25, 0.3) is 5.91 Å². The van der Waals surface area contributed by atoms with Gasteiger partial charge in [-0.2, -0.15) is 0 Å². The van der Waals surface area contributed by atoms with E-state index in [0.717, 1.165) is 5.56 Å². The zero-order chi connectivity index (χ0) is 21.3. The van der Waals surface area contributed by atoms with Crippen LogP contribution in [0.25, 0.3) is 0 Å². The highest BCUT2D eigenvalue weighted by molar-refractivity contribution is 6.31. The van der Waals surface area contributed by atoms with Crippen LogP contribution >= 0.6 is 23.2 Å². The SMILES string of the molecule is CC(C)(C)C(c1ccccc1Cl)[C@@H]1O[C@H](CC(=O)O)C(=O)Nc2ccc(Cl)cc21. The lowest BCUT2D eigenvalue weighted by Gasteiger charge is -2.38. The van der Waals surface area contributed by atoms with Gasteiger partial charge >= 0.3 is 5.97 Å². The van der Waals surface area contributed by atoms with Crippen molar-refractivity contribution in [3.63, 3.8) is 0 Å². The number of hydrogen-bond donors (Lipinski definition) is 2. The van der Waals surface area contributed by atoms with E-state index in [1.165, 1.54) is 0 Å². The first-order valence-electron chi connectivity index (χ1n) is 9.30. The number of carbonyl (C=O) groups is 2. The zero-order valence-electron chi connectivity index (χ0n) is 16.4. The third kappa shape index (κ3) is 4.74. The standard InChI is InChI=1S/C22H23Cl2NO4/c1-22(2,3)19(13-6-4-5-7-15(13)24)20-14-10-12(23)8-9-16(14)25-21(28)17(29-20)11-18(26)27/h4-10,17,19-20H,11H2,1-3H3,(H,25,28)(H,26,27)/t17-,19?,20-/m1/s1. The van der Waals surface area contributed by atoms with Gasteiger partial charge in [-0.1, -0.05) is 62.2 Å². The quantitative estimate of drug-likeness (QED) is 0.647. The van der Waals surface area contributed by atoms with Gasteiger partial charge in [-0.05, 0) is 35.2 Å². The molecule has 3 atom stereocenters. The molecular weight excluding hydrogens is 413 g/mol. The molecule has 1 aliphatic rings. The molecule has 0 saturated heterocycles. The molecule has 0 spiro atoms. The maximum absolute atomic E-state index is 12.7. The van der Waals surface area contributed by atoms with Crippen LogP contribution in [-0.4, -0.2) is 23.1 Å². The predicted molar refractivity (Wildman–Crippen MR) is 114 cm³/mol. The predicted octanol–water partition coefficient (Wildman–Crippen LogP) is 5.68. The second-order valence-corrected chi connectivity index (χ2v) is 9.07. The third-order valence-corrected chi connectivity index (χ3v) is 5.60. The molecule has 0 bridgehead atoms. The largest absolute Gasteiger partial charge is 0.481 e. The highest BCUT2D eigenvalue weighted by Crippen LogP contribution is 2.51. The Morgan fingerprint density at radius 2 is 1.90 bits per heavy atom. The highest BCUT2D eigenvalue weighted by atomic mass is 35.5. The fourth-order valence-electron chi connectivity index (χ4n) is 3.78. The van der Waals surface area contributed by atoms with E-state index in [1.807, 2.05) is 24.3 Å². The van der Waals surface area contributed by atoms with E-state index in [2.05, 4.69) is 26.1 Å². The zero-order valence-corrected chi connectivity index (χ0v) is 17.9. The number of carboxylic acids is 1. The van der Waals surface area contributed by atoms with Gasteiger partial charge in [-0.3, -0.25) is 9.59 Å². The van der Waals surface area contributed by atoms with Crippen LogP contribution in [0.5, 0.6) is 0 Å². The molecule has 2 aromatic rings. The van der Waals surface area contributed by atoms with Crippen molar-refractivity contribution in [2.45, 2.75) is 45.3 Å². The minimum absolute atomic E-state index is 0.266. The van der Waals surface area contributed by atoms with Gasteiger partial charge in [0, 0.05) is 27.2 Å². The summed E-state index contributed by atoms with van der Waals surface area (Å²) < 4.78 is 6.20. The Bertz CT molecular complexity index is 939. The summed E-state index contributed by atoms with van der Waals surface area (Å²) in [4.78, 5) is 24.0. The van der Waals surface area contributed by atoms with Gasteiger partial charge in [0.15, 0.2) is 0 Å². The van der Waals surface area contributed by atoms with E-state index in [4.69, 9.17) is 27.9 Å². The van der Waals surface area contributed by atoms with Gasteiger partial charge in [0.1, 0.15) is 6.10 Å². The number of ether oxygens (including phenoxy) is 1. The molecule has 3 rings (SSSR count). The van der Waals surface area contributed by atoms with Crippen molar-refractivity contribution in [3.05, 3.63) is 63.6 Å². The second-order valence-electron chi connectivity index (χ2n) is 8.23. The fraction of sp³-hybridized carbons (Fsp3) is 0.364. The van der Waals surface area contributed by atoms with Crippen molar-refractivity contribution in [2.75, 3.05) is 5.32 Å². The number of hydrogen-bond acceptors (Lipinski definition) is 3. The number of anilines is 1. The van der Waals surface area contributed by atoms with E-state index >= 15 is 0 Å². The van der Waals surface area contributed by atoms with Crippen LogP contribution in [0.2, 0.25) is 10.0 Å². The van der Waals surface area contributed by atoms with Crippen LogP contribution in [0.4, 0.5) is 5.69 Å². The average molecular weight is 436 g/mol. The van der Waals surface area contributed by atoms with E-state index in [-0.39, 0.29) is 11.3 Å². The molecule has 1 aliphatic heterocycles. The maximum Gasteiger partial charge on any atom is 0.306 e. The van der Waals surface area contributed by atoms with Crippen LogP contribution in [0.3, 0.4) is 0 Å². The Hall–Kier alpha value is -2.08. The topological polar surface area (TPSA) is 75.6 Å². The minimum atomic E-state index is -1.14. The molecular formula is C22H23Cl2NO4. The number of fused-ring (bicyclic) bond motifs is 1. The van der Waals surface area contributed by atoms with Crippen molar-refractivity contribution in [1.82, 2.24) is 0 Å². The summed E-state index contributed by atoms with van der Waals surface area (Å²) >= 11 is 12.8. The molecule has 2 N–H and O–H groups in total. The molecule has 1 unspecified atom stereocenters. The molecule has 154 valence electrons. The first-order valence-corrected chi connectivity index (χ1v) is 10.1. The minimum Gasteiger partial charge on any atom is -0.481 e. The number of nitrogens with one attached hydrogen (secondary N) is 1. The molecule has 29 heavy (non-hydrogen) atoms. The van der Waals surface area contributed by atoms with E-state index < -0.39 is 30.5 Å². The smallest absolute Gasteiger partial charge is 0.306 e. The molecule has 1 heterocycles. The molecule has 0 radical (unpaired) electrons. The van der Waals surface area contributed by atoms with Crippen molar-refractivity contribution < 1.29 is 19.4 Å². The summed E-state index contributed by atoms with van der Waals surface area (Å²) in [5, 5.41) is 13.1. The molecule has 0 aromatic heterocycles. The van der Waals surface area contributed by atoms with Gasteiger partial charge in [-0.15, -0.1) is 0 Å². The average Bonchev–Trinajstić information content (AvgIpc) is 2.73. The normalized spacial score (nSPS) is 20.4. The van der Waals surface area contributed by atoms with Crippen molar-refractivity contribution in [2.24, 2.45) is 5.41 Å². The Kier molecular flexibility index (Phi) is 6.22. The molecule has 7 heteroatoms. The summed E-state index contributed by atoms with van der Waals surface area (Å²) in [5.74, 6) is -1.87. The summed E-state index contributed by atoms with van der Waals surface area (Å²) in [6.45, 7) is 6.17. The molecule has 0 saturated carbocycles. The monoisotopic (exact) mass is 435 g/mol. The van der Waals surface area contributed by atoms with Crippen molar-refractivity contribution in [3.8, 4) is 0 Å². The summed E-state index contributed by atoms with van der Waals surface area (Å²) in [7, 11) is 0. The van der Waals surface area contributed by atoms with Crippen LogP contribution in [0.1, 0.15) is 50.3 Å². The van der Waals surface area contributed by atoms with Gasteiger partial charge in [-0.25, -0.2) is 0 Å². The number of benzene rings is 2. The molecule has 5 nitrogen and oxygen atoms in total. The van der Waals surface area contributed by atoms with Crippen LogP contribution in [0.15, 0.2) is 42.5 Å². The van der Waals surface area contributed by atoms with Crippen LogP contribution < -0.4 is 5.32 Å². The first kappa shape index (κ1) is 21.6. The molecule has 1 amide bonds. The van der Waals surface area contributed by atoms with E-state index in [0.29, 0.717) is 21.3 Å². The number of aliphatic carboxylic acids is 1. The fourth-order valence-corrected chi connectivity index (χ4v) is 4.21. The highest BCUT2D eigenvalue weighted by Gasteiger charge is 2.42. The maximum atomic E-state index is 12.7. The first-order chi connectivity index (χ1) is 13.6. The number of amides is 1. The lowest BCUT2D eigenvalue weighted by molar-refractivity contribution is -0.148. The Morgan fingerprint density at radius 3 is 2.52 bits per heavy atom. The Labute approximate surface area is 180 Å². The second kappa shape index (κ2) is 8.34. The Morgan fingerprint density at radius 1 is 1.21 bits per heavy atom. The lowest BCUT2D eigenvalue weighted by Crippen LogP contribution is -2.34. The van der Waals surface area contributed by atoms with Crippen molar-refractivity contribution >= 4 is 40.8 Å². The number of halogens is 2. The molecule has 2 aromatic carbocycles.